The van der Waals surface area contributed by atoms with Crippen molar-refractivity contribution in [1.82, 2.24) is 15.5 Å². The van der Waals surface area contributed by atoms with Gasteiger partial charge in [0.1, 0.15) is 12.1 Å². The molecule has 0 radical (unpaired) electrons. The van der Waals surface area contributed by atoms with Gasteiger partial charge in [-0.1, -0.05) is 43.7 Å². The molecule has 7 nitrogen and oxygen atoms in total. The summed E-state index contributed by atoms with van der Waals surface area (Å²) in [5, 5.41) is 5.59. The molecule has 1 aliphatic rings. The average Bonchev–Trinajstić information content (AvgIpc) is 2.78. The Morgan fingerprint density at radius 3 is 2.41 bits per heavy atom. The first kappa shape index (κ1) is 20.9. The van der Waals surface area contributed by atoms with E-state index in [9.17, 15) is 14.4 Å². The molecule has 2 rings (SSSR count). The van der Waals surface area contributed by atoms with Gasteiger partial charge in [-0.2, -0.15) is 0 Å². The number of aryl methyl sites for hydroxylation is 1. The topological polar surface area (TPSA) is 105 Å². The van der Waals surface area contributed by atoms with Gasteiger partial charge in [0.25, 0.3) is 5.91 Å². The average molecular weight is 374 g/mol. The van der Waals surface area contributed by atoms with Gasteiger partial charge >= 0.3 is 6.03 Å². The smallest absolute Gasteiger partial charge is 0.325 e. The fourth-order valence-electron chi connectivity index (χ4n) is 3.53. The van der Waals surface area contributed by atoms with Crippen LogP contribution in [-0.4, -0.2) is 41.4 Å². The zero-order chi connectivity index (χ0) is 20.4. The van der Waals surface area contributed by atoms with Crippen molar-refractivity contribution in [1.29, 1.82) is 0 Å². The Labute approximate surface area is 160 Å². The van der Waals surface area contributed by atoms with Crippen molar-refractivity contribution in [2.75, 3.05) is 13.1 Å². The Hall–Kier alpha value is -2.41. The largest absolute Gasteiger partial charge is 0.348 e. The number of rotatable bonds is 7. The highest BCUT2D eigenvalue weighted by Gasteiger charge is 2.49. The number of hydrogen-bond acceptors (Lipinski definition) is 4. The van der Waals surface area contributed by atoms with Gasteiger partial charge in [-0.05, 0) is 38.7 Å². The highest BCUT2D eigenvalue weighted by atomic mass is 16.2. The van der Waals surface area contributed by atoms with Gasteiger partial charge in [-0.15, -0.1) is 0 Å². The number of urea groups is 1. The summed E-state index contributed by atoms with van der Waals surface area (Å²) in [4.78, 5) is 38.7. The number of carbonyl (C=O) groups excluding carboxylic acids is 3. The van der Waals surface area contributed by atoms with Crippen molar-refractivity contribution in [2.45, 2.75) is 52.1 Å². The Morgan fingerprint density at radius 1 is 1.30 bits per heavy atom. The van der Waals surface area contributed by atoms with E-state index in [1.165, 1.54) is 0 Å². The molecule has 0 bridgehead atoms. The Morgan fingerprint density at radius 2 is 1.89 bits per heavy atom. The molecule has 1 aromatic carbocycles. The zero-order valence-electron chi connectivity index (χ0n) is 16.8. The molecule has 0 saturated carbocycles. The summed E-state index contributed by atoms with van der Waals surface area (Å²) in [5.74, 6) is -0.495. The maximum atomic E-state index is 12.9. The molecule has 1 saturated heterocycles. The van der Waals surface area contributed by atoms with E-state index >= 15 is 0 Å². The molecule has 148 valence electrons. The third-order valence-corrected chi connectivity index (χ3v) is 4.96. The molecule has 2 unspecified atom stereocenters. The van der Waals surface area contributed by atoms with Crippen LogP contribution in [0.2, 0.25) is 0 Å². The van der Waals surface area contributed by atoms with Crippen LogP contribution < -0.4 is 16.4 Å². The minimum absolute atomic E-state index is 0.276. The number of imide groups is 1. The Kier molecular flexibility index (Phi) is 5.94. The minimum atomic E-state index is -1.18. The quantitative estimate of drug-likeness (QED) is 0.631. The monoisotopic (exact) mass is 374 g/mol. The van der Waals surface area contributed by atoms with Crippen molar-refractivity contribution in [3.63, 3.8) is 0 Å². The molecule has 27 heavy (non-hydrogen) atoms. The fourth-order valence-corrected chi connectivity index (χ4v) is 3.53. The van der Waals surface area contributed by atoms with Crippen molar-refractivity contribution in [3.05, 3.63) is 35.4 Å². The van der Waals surface area contributed by atoms with E-state index < -0.39 is 28.9 Å². The van der Waals surface area contributed by atoms with Crippen LogP contribution in [-0.2, 0) is 15.1 Å². The molecule has 2 atom stereocenters. The van der Waals surface area contributed by atoms with Crippen LogP contribution in [0.15, 0.2) is 24.3 Å². The zero-order valence-corrected chi connectivity index (χ0v) is 16.8. The van der Waals surface area contributed by atoms with Crippen LogP contribution >= 0.6 is 0 Å². The first-order chi connectivity index (χ1) is 12.5. The number of nitrogens with zero attached hydrogens (tertiary/aromatic N) is 1. The summed E-state index contributed by atoms with van der Waals surface area (Å²) in [6.07, 6.45) is 0.705. The van der Waals surface area contributed by atoms with E-state index in [-0.39, 0.29) is 13.1 Å². The van der Waals surface area contributed by atoms with Crippen LogP contribution in [0.4, 0.5) is 4.79 Å². The summed E-state index contributed by atoms with van der Waals surface area (Å²) >= 11 is 0. The third kappa shape index (κ3) is 4.47. The molecular weight excluding hydrogens is 344 g/mol. The van der Waals surface area contributed by atoms with E-state index in [1.807, 2.05) is 52.0 Å². The standard InChI is InChI=1S/C20H30N4O3/c1-13(2)10-19(4,12-21)22-16(25)11-24-17(26)20(5,23-18(24)27)15-8-6-14(3)7-9-15/h6-9,13H,10-12,21H2,1-5H3,(H,22,25)(H,23,27). The van der Waals surface area contributed by atoms with Crippen molar-refractivity contribution < 1.29 is 14.4 Å². The van der Waals surface area contributed by atoms with Crippen LogP contribution in [0.3, 0.4) is 0 Å². The first-order valence-corrected chi connectivity index (χ1v) is 9.23. The summed E-state index contributed by atoms with van der Waals surface area (Å²) in [5.41, 5.74) is 5.80. The van der Waals surface area contributed by atoms with E-state index in [4.69, 9.17) is 5.73 Å². The lowest BCUT2D eigenvalue weighted by Gasteiger charge is -2.31. The van der Waals surface area contributed by atoms with E-state index in [0.29, 0.717) is 17.9 Å². The maximum Gasteiger partial charge on any atom is 0.325 e. The van der Waals surface area contributed by atoms with Gasteiger partial charge in [-0.3, -0.25) is 14.5 Å². The lowest BCUT2D eigenvalue weighted by Crippen LogP contribution is -2.55. The van der Waals surface area contributed by atoms with Crippen molar-refractivity contribution >= 4 is 17.8 Å². The minimum Gasteiger partial charge on any atom is -0.348 e. The number of benzene rings is 1. The molecule has 1 heterocycles. The van der Waals surface area contributed by atoms with E-state index in [2.05, 4.69) is 10.6 Å². The van der Waals surface area contributed by atoms with Crippen LogP contribution in [0, 0.1) is 12.8 Å². The van der Waals surface area contributed by atoms with Gasteiger partial charge in [0.05, 0.1) is 0 Å². The molecule has 0 spiro atoms. The number of hydrogen-bond donors (Lipinski definition) is 3. The van der Waals surface area contributed by atoms with Gasteiger partial charge in [-0.25, -0.2) is 4.79 Å². The van der Waals surface area contributed by atoms with Crippen molar-refractivity contribution in [2.24, 2.45) is 11.7 Å². The summed E-state index contributed by atoms with van der Waals surface area (Å²) in [6, 6.07) is 6.81. The number of nitrogens with two attached hydrogens (primary N) is 1. The molecular formula is C20H30N4O3. The molecule has 1 fully saturated rings. The lowest BCUT2D eigenvalue weighted by molar-refractivity contribution is -0.135. The summed E-state index contributed by atoms with van der Waals surface area (Å²) in [7, 11) is 0. The predicted octanol–water partition coefficient (Wildman–Crippen LogP) is 1.64. The third-order valence-electron chi connectivity index (χ3n) is 4.96. The molecule has 0 aromatic heterocycles. The fraction of sp³-hybridized carbons (Fsp3) is 0.550. The molecule has 4 N–H and O–H groups in total. The highest BCUT2D eigenvalue weighted by Crippen LogP contribution is 2.29. The second-order valence-corrected chi connectivity index (χ2v) is 8.22. The first-order valence-electron chi connectivity index (χ1n) is 9.23. The normalized spacial score (nSPS) is 22.0. The van der Waals surface area contributed by atoms with Gasteiger partial charge in [0, 0.05) is 12.1 Å². The highest BCUT2D eigenvalue weighted by molar-refractivity contribution is 6.09. The van der Waals surface area contributed by atoms with Gasteiger partial charge in [0.15, 0.2) is 0 Å². The maximum absolute atomic E-state index is 12.9. The van der Waals surface area contributed by atoms with E-state index in [1.54, 1.807) is 6.92 Å². The summed E-state index contributed by atoms with van der Waals surface area (Å²) < 4.78 is 0. The SMILES string of the molecule is Cc1ccc(C2(C)NC(=O)N(CC(=O)NC(C)(CN)CC(C)C)C2=O)cc1. The Bertz CT molecular complexity index is 731. The van der Waals surface area contributed by atoms with Crippen LogP contribution in [0.25, 0.3) is 0 Å². The second-order valence-electron chi connectivity index (χ2n) is 8.22. The Balaban J connectivity index is 2.13. The van der Waals surface area contributed by atoms with Crippen molar-refractivity contribution in [3.8, 4) is 0 Å². The molecule has 4 amide bonds. The van der Waals surface area contributed by atoms with E-state index in [0.717, 1.165) is 10.5 Å². The number of nitrogens with one attached hydrogen (secondary N) is 2. The number of amides is 4. The number of carbonyl (C=O) groups is 3. The summed E-state index contributed by atoms with van der Waals surface area (Å²) in [6.45, 7) is 9.50. The molecule has 7 heteroatoms. The van der Waals surface area contributed by atoms with Gasteiger partial charge in [0.2, 0.25) is 5.91 Å². The molecule has 1 aromatic rings. The lowest BCUT2D eigenvalue weighted by atomic mass is 9.90. The van der Waals surface area contributed by atoms with Gasteiger partial charge < -0.3 is 16.4 Å². The second kappa shape index (κ2) is 7.68. The molecule has 1 aliphatic heterocycles. The predicted molar refractivity (Wildman–Crippen MR) is 104 cm³/mol. The van der Waals surface area contributed by atoms with Crippen LogP contribution in [0.5, 0.6) is 0 Å². The van der Waals surface area contributed by atoms with Crippen LogP contribution in [0.1, 0.15) is 45.2 Å². The molecule has 0 aliphatic carbocycles.